The molecule has 0 amide bonds. The Morgan fingerprint density at radius 2 is 2.37 bits per heavy atom. The minimum Gasteiger partial charge on any atom is -0.373 e. The first-order valence-corrected chi connectivity index (χ1v) is 6.25. The van der Waals surface area contributed by atoms with Gasteiger partial charge in [-0.05, 0) is 6.42 Å². The molecule has 0 saturated carbocycles. The summed E-state index contributed by atoms with van der Waals surface area (Å²) in [7, 11) is 1.63. The van der Waals surface area contributed by atoms with Crippen LogP contribution in [0.4, 0.5) is 0 Å². The van der Waals surface area contributed by atoms with E-state index in [1.165, 1.54) is 0 Å². The van der Waals surface area contributed by atoms with E-state index in [4.69, 9.17) is 15.0 Å². The summed E-state index contributed by atoms with van der Waals surface area (Å²) in [5.41, 5.74) is 5.99. The molecule has 0 aliphatic rings. The van der Waals surface area contributed by atoms with Crippen LogP contribution in [0.3, 0.4) is 0 Å². The minimum absolute atomic E-state index is 0.151. The largest absolute Gasteiger partial charge is 0.373 e. The number of methoxy groups -OCH3 is 1. The SMILES string of the molecule is CCCC(OC)c1noc(-c2cn(CCN)nn2)n1. The van der Waals surface area contributed by atoms with Gasteiger partial charge in [-0.3, -0.25) is 4.68 Å². The van der Waals surface area contributed by atoms with Gasteiger partial charge in [0.1, 0.15) is 6.10 Å². The van der Waals surface area contributed by atoms with Crippen molar-refractivity contribution in [2.75, 3.05) is 13.7 Å². The molecule has 19 heavy (non-hydrogen) atoms. The van der Waals surface area contributed by atoms with Crippen molar-refractivity contribution >= 4 is 0 Å². The molecule has 0 fully saturated rings. The van der Waals surface area contributed by atoms with Crippen LogP contribution in [-0.4, -0.2) is 38.8 Å². The Bertz CT molecular complexity index is 509. The van der Waals surface area contributed by atoms with Crippen LogP contribution in [0, 0.1) is 0 Å². The van der Waals surface area contributed by atoms with Gasteiger partial charge in [0.2, 0.25) is 5.82 Å². The van der Waals surface area contributed by atoms with Gasteiger partial charge in [0.05, 0.1) is 12.7 Å². The molecule has 0 aliphatic carbocycles. The smallest absolute Gasteiger partial charge is 0.280 e. The van der Waals surface area contributed by atoms with Crippen molar-refractivity contribution in [2.24, 2.45) is 5.73 Å². The van der Waals surface area contributed by atoms with Crippen LogP contribution in [0.15, 0.2) is 10.7 Å². The van der Waals surface area contributed by atoms with Crippen molar-refractivity contribution in [3.8, 4) is 11.6 Å². The third-order valence-electron chi connectivity index (χ3n) is 2.68. The highest BCUT2D eigenvalue weighted by Gasteiger charge is 2.19. The molecular formula is C11H18N6O2. The van der Waals surface area contributed by atoms with Crippen LogP contribution in [0.2, 0.25) is 0 Å². The summed E-state index contributed by atoms with van der Waals surface area (Å²) in [6.07, 6.45) is 3.40. The molecule has 2 rings (SSSR count). The Balaban J connectivity index is 2.14. The first-order chi connectivity index (χ1) is 9.28. The second-order valence-electron chi connectivity index (χ2n) is 4.13. The summed E-state index contributed by atoms with van der Waals surface area (Å²) < 4.78 is 12.1. The molecule has 2 aromatic heterocycles. The lowest BCUT2D eigenvalue weighted by atomic mass is 10.2. The lowest BCUT2D eigenvalue weighted by Gasteiger charge is -2.08. The molecular weight excluding hydrogens is 248 g/mol. The summed E-state index contributed by atoms with van der Waals surface area (Å²) in [5.74, 6) is 0.879. The highest BCUT2D eigenvalue weighted by Crippen LogP contribution is 2.22. The Kier molecular flexibility index (Phi) is 4.58. The van der Waals surface area contributed by atoms with Gasteiger partial charge in [0.15, 0.2) is 5.69 Å². The number of ether oxygens (including phenoxy) is 1. The average molecular weight is 266 g/mol. The molecule has 0 bridgehead atoms. The van der Waals surface area contributed by atoms with Crippen molar-refractivity contribution in [3.05, 3.63) is 12.0 Å². The lowest BCUT2D eigenvalue weighted by Crippen LogP contribution is -2.10. The second kappa shape index (κ2) is 6.39. The van der Waals surface area contributed by atoms with Crippen LogP contribution in [0.1, 0.15) is 31.7 Å². The predicted octanol–water partition coefficient (Wildman–Crippen LogP) is 0.774. The monoisotopic (exact) mass is 266 g/mol. The number of hydrogen-bond acceptors (Lipinski definition) is 7. The van der Waals surface area contributed by atoms with E-state index in [-0.39, 0.29) is 6.10 Å². The molecule has 1 unspecified atom stereocenters. The minimum atomic E-state index is -0.151. The molecule has 0 radical (unpaired) electrons. The Morgan fingerprint density at radius 1 is 1.53 bits per heavy atom. The van der Waals surface area contributed by atoms with Crippen LogP contribution >= 0.6 is 0 Å². The molecule has 0 spiro atoms. The van der Waals surface area contributed by atoms with Crippen molar-refractivity contribution in [1.29, 1.82) is 0 Å². The number of hydrogen-bond donors (Lipinski definition) is 1. The van der Waals surface area contributed by atoms with Gasteiger partial charge < -0.3 is 15.0 Å². The zero-order chi connectivity index (χ0) is 13.7. The molecule has 8 nitrogen and oxygen atoms in total. The van der Waals surface area contributed by atoms with Crippen LogP contribution in [-0.2, 0) is 11.3 Å². The number of aromatic nitrogens is 5. The van der Waals surface area contributed by atoms with E-state index >= 15 is 0 Å². The molecule has 0 saturated heterocycles. The van der Waals surface area contributed by atoms with Crippen LogP contribution in [0.25, 0.3) is 11.6 Å². The normalized spacial score (nSPS) is 12.8. The van der Waals surface area contributed by atoms with Crippen LogP contribution in [0.5, 0.6) is 0 Å². The van der Waals surface area contributed by atoms with Crippen molar-refractivity contribution in [3.63, 3.8) is 0 Å². The second-order valence-corrected chi connectivity index (χ2v) is 4.13. The summed E-state index contributed by atoms with van der Waals surface area (Å²) in [4.78, 5) is 4.29. The standard InChI is InChI=1S/C11H18N6O2/c1-3-4-9(18-2)10-13-11(19-15-10)8-7-17(6-5-12)16-14-8/h7,9H,3-6,12H2,1-2H3. The van der Waals surface area contributed by atoms with E-state index in [0.717, 1.165) is 12.8 Å². The number of nitrogens with zero attached hydrogens (tertiary/aromatic N) is 5. The quantitative estimate of drug-likeness (QED) is 0.789. The third-order valence-corrected chi connectivity index (χ3v) is 2.68. The van der Waals surface area contributed by atoms with Gasteiger partial charge in [-0.25, -0.2) is 0 Å². The van der Waals surface area contributed by atoms with E-state index in [1.807, 2.05) is 0 Å². The lowest BCUT2D eigenvalue weighted by molar-refractivity contribution is 0.0854. The van der Waals surface area contributed by atoms with E-state index in [1.54, 1.807) is 18.0 Å². The molecule has 8 heteroatoms. The molecule has 1 atom stereocenters. The first kappa shape index (κ1) is 13.6. The highest BCUT2D eigenvalue weighted by atomic mass is 16.5. The first-order valence-electron chi connectivity index (χ1n) is 6.25. The fourth-order valence-electron chi connectivity index (χ4n) is 1.72. The Morgan fingerprint density at radius 3 is 3.05 bits per heavy atom. The van der Waals surface area contributed by atoms with E-state index in [0.29, 0.717) is 30.5 Å². The summed E-state index contributed by atoms with van der Waals surface area (Å²) in [5, 5.41) is 11.8. The Labute approximate surface area is 110 Å². The molecule has 2 heterocycles. The van der Waals surface area contributed by atoms with Crippen molar-refractivity contribution in [1.82, 2.24) is 25.1 Å². The topological polar surface area (TPSA) is 105 Å². The zero-order valence-electron chi connectivity index (χ0n) is 11.1. The maximum absolute atomic E-state index is 5.45. The van der Waals surface area contributed by atoms with E-state index in [9.17, 15) is 0 Å². The van der Waals surface area contributed by atoms with Gasteiger partial charge in [-0.2, -0.15) is 4.98 Å². The van der Waals surface area contributed by atoms with E-state index in [2.05, 4.69) is 27.4 Å². The average Bonchev–Trinajstić information content (AvgIpc) is 3.04. The summed E-state index contributed by atoms with van der Waals surface area (Å²) >= 11 is 0. The third kappa shape index (κ3) is 3.15. The predicted molar refractivity (Wildman–Crippen MR) is 67.0 cm³/mol. The molecule has 0 aromatic carbocycles. The van der Waals surface area contributed by atoms with Crippen molar-refractivity contribution in [2.45, 2.75) is 32.4 Å². The van der Waals surface area contributed by atoms with Crippen LogP contribution < -0.4 is 5.73 Å². The highest BCUT2D eigenvalue weighted by molar-refractivity contribution is 5.43. The van der Waals surface area contributed by atoms with Gasteiger partial charge in [0.25, 0.3) is 5.89 Å². The van der Waals surface area contributed by atoms with E-state index < -0.39 is 0 Å². The maximum atomic E-state index is 5.45. The van der Waals surface area contributed by atoms with Gasteiger partial charge in [-0.1, -0.05) is 23.7 Å². The van der Waals surface area contributed by atoms with Gasteiger partial charge in [0, 0.05) is 13.7 Å². The fraction of sp³-hybridized carbons (Fsp3) is 0.636. The molecule has 0 aliphatic heterocycles. The van der Waals surface area contributed by atoms with Gasteiger partial charge in [-0.15, -0.1) is 5.10 Å². The zero-order valence-corrected chi connectivity index (χ0v) is 11.1. The van der Waals surface area contributed by atoms with Gasteiger partial charge >= 0.3 is 0 Å². The molecule has 2 aromatic rings. The van der Waals surface area contributed by atoms with Crippen molar-refractivity contribution < 1.29 is 9.26 Å². The summed E-state index contributed by atoms with van der Waals surface area (Å²) in [6.45, 7) is 3.18. The fourth-order valence-corrected chi connectivity index (χ4v) is 1.72. The molecule has 104 valence electrons. The number of rotatable bonds is 7. The maximum Gasteiger partial charge on any atom is 0.280 e. The molecule has 2 N–H and O–H groups in total. The summed E-state index contributed by atoms with van der Waals surface area (Å²) in [6, 6.07) is 0. The Hall–Kier alpha value is -1.80. The number of nitrogens with two attached hydrogens (primary N) is 1.